The Kier molecular flexibility index (Phi) is 1.92. The van der Waals surface area contributed by atoms with Crippen molar-refractivity contribution in [3.63, 3.8) is 0 Å². The molecule has 14 heavy (non-hydrogen) atoms. The monoisotopic (exact) mass is 213 g/mol. The van der Waals surface area contributed by atoms with E-state index >= 15 is 0 Å². The number of hydrogen-bond donors (Lipinski definition) is 1. The largest absolute Gasteiger partial charge is 0.746 e. The lowest BCUT2D eigenvalue weighted by molar-refractivity contribution is 0.123. The molecule has 0 spiro atoms. The maximum Gasteiger partial charge on any atom is 0.161 e. The molecule has 1 aromatic rings. The maximum absolute atomic E-state index is 10.8. The molecule has 0 radical (unpaired) electrons. The van der Waals surface area contributed by atoms with Crippen LogP contribution in [0.1, 0.15) is 11.1 Å². The van der Waals surface area contributed by atoms with Crippen LogP contribution in [0.4, 0.5) is 0 Å². The minimum Gasteiger partial charge on any atom is -0.746 e. The van der Waals surface area contributed by atoms with Crippen LogP contribution in [-0.4, -0.2) is 23.0 Å². The second-order valence-electron chi connectivity index (χ2n) is 3.52. The van der Waals surface area contributed by atoms with E-state index in [0.717, 1.165) is 11.1 Å². The zero-order chi connectivity index (χ0) is 10.4. The second-order valence-corrected chi connectivity index (χ2v) is 5.19. The Bertz CT molecular complexity index is 438. The fraction of sp³-hybridized carbons (Fsp3) is 0.333. The molecule has 0 fully saturated rings. The summed E-state index contributed by atoms with van der Waals surface area (Å²) in [6.07, 6.45) is -0.204. The molecule has 0 bridgehead atoms. The molecule has 1 aliphatic rings. The highest BCUT2D eigenvalue weighted by Gasteiger charge is 2.40. The van der Waals surface area contributed by atoms with E-state index in [1.807, 2.05) is 0 Å². The van der Waals surface area contributed by atoms with E-state index in [1.165, 1.54) is 0 Å². The topological polar surface area (TPSA) is 77.4 Å². The van der Waals surface area contributed by atoms with Crippen molar-refractivity contribution < 1.29 is 18.1 Å². The molecule has 0 saturated carbocycles. The average molecular weight is 213 g/mol. The van der Waals surface area contributed by atoms with Crippen molar-refractivity contribution in [2.24, 2.45) is 0 Å². The number of rotatable bonds is 1. The summed E-state index contributed by atoms with van der Waals surface area (Å²) < 4.78 is 32.5. The van der Waals surface area contributed by atoms with Crippen LogP contribution in [0.5, 0.6) is 0 Å². The number of hydrogen-bond acceptors (Lipinski definition) is 4. The van der Waals surface area contributed by atoms with Gasteiger partial charge < -0.3 is 9.66 Å². The maximum atomic E-state index is 10.8. The van der Waals surface area contributed by atoms with Gasteiger partial charge in [-0.15, -0.1) is 0 Å². The van der Waals surface area contributed by atoms with E-state index in [2.05, 4.69) is 0 Å². The predicted octanol–water partition coefficient (Wildman–Crippen LogP) is 0.0190. The van der Waals surface area contributed by atoms with E-state index in [4.69, 9.17) is 0 Å². The van der Waals surface area contributed by atoms with Crippen LogP contribution in [0, 0.1) is 0 Å². The Hall–Kier alpha value is -0.910. The molecule has 0 aromatic heterocycles. The van der Waals surface area contributed by atoms with E-state index in [1.54, 1.807) is 24.3 Å². The van der Waals surface area contributed by atoms with Crippen molar-refractivity contribution >= 4 is 10.1 Å². The normalized spacial score (nSPS) is 19.3. The van der Waals surface area contributed by atoms with Gasteiger partial charge in [0.15, 0.2) is 4.93 Å². The van der Waals surface area contributed by atoms with Crippen LogP contribution in [0.3, 0.4) is 0 Å². The van der Waals surface area contributed by atoms with Crippen LogP contribution < -0.4 is 0 Å². The highest BCUT2D eigenvalue weighted by atomic mass is 32.2. The number of aliphatic hydroxyl groups is 1. The average Bonchev–Trinajstić information content (AvgIpc) is 2.40. The molecule has 1 N–H and O–H groups in total. The standard InChI is InChI=1S/C9H10O4S/c10-9(14(11,12)13)5-7-3-1-2-4-8(7)6-9/h1-4,10H,5-6H2,(H,11,12,13)/p-1. The van der Waals surface area contributed by atoms with Gasteiger partial charge in [0.05, 0.1) is 0 Å². The van der Waals surface area contributed by atoms with Gasteiger partial charge in [0.25, 0.3) is 0 Å². The van der Waals surface area contributed by atoms with Gasteiger partial charge in [0.1, 0.15) is 10.1 Å². The number of benzene rings is 1. The minimum absolute atomic E-state index is 0.102. The summed E-state index contributed by atoms with van der Waals surface area (Å²) in [5.74, 6) is 0. The Morgan fingerprint density at radius 2 is 1.64 bits per heavy atom. The molecule has 5 heteroatoms. The summed E-state index contributed by atoms with van der Waals surface area (Å²) in [5, 5.41) is 9.65. The summed E-state index contributed by atoms with van der Waals surface area (Å²) in [6, 6.07) is 6.95. The molecule has 1 aliphatic carbocycles. The Morgan fingerprint density at radius 1 is 1.21 bits per heavy atom. The first-order valence-electron chi connectivity index (χ1n) is 4.17. The van der Waals surface area contributed by atoms with Gasteiger partial charge in [0.2, 0.25) is 0 Å². The van der Waals surface area contributed by atoms with Gasteiger partial charge in [-0.05, 0) is 11.1 Å². The van der Waals surface area contributed by atoms with Crippen LogP contribution in [0.15, 0.2) is 24.3 Å². The molecule has 0 unspecified atom stereocenters. The predicted molar refractivity (Wildman–Crippen MR) is 48.5 cm³/mol. The quantitative estimate of drug-likeness (QED) is 0.667. The van der Waals surface area contributed by atoms with Crippen molar-refractivity contribution in [1.82, 2.24) is 0 Å². The molecule has 0 amide bonds. The SMILES string of the molecule is O=S(=O)([O-])C1(O)Cc2ccccc2C1. The van der Waals surface area contributed by atoms with Crippen LogP contribution >= 0.6 is 0 Å². The molecular formula is C9H9O4S-. The second kappa shape index (κ2) is 2.79. The molecule has 2 rings (SSSR count). The Balaban J connectivity index is 2.45. The highest BCUT2D eigenvalue weighted by Crippen LogP contribution is 2.33. The first-order chi connectivity index (χ1) is 6.42. The third-order valence-electron chi connectivity index (χ3n) is 2.52. The zero-order valence-electron chi connectivity index (χ0n) is 7.30. The summed E-state index contributed by atoms with van der Waals surface area (Å²) >= 11 is 0. The molecule has 0 atom stereocenters. The van der Waals surface area contributed by atoms with Crippen molar-refractivity contribution in [1.29, 1.82) is 0 Å². The fourth-order valence-corrected chi connectivity index (χ4v) is 2.40. The van der Waals surface area contributed by atoms with E-state index in [0.29, 0.717) is 0 Å². The van der Waals surface area contributed by atoms with Crippen molar-refractivity contribution in [3.05, 3.63) is 35.4 Å². The molecule has 0 saturated heterocycles. The molecule has 0 heterocycles. The van der Waals surface area contributed by atoms with Crippen LogP contribution in [-0.2, 0) is 23.0 Å². The van der Waals surface area contributed by atoms with Crippen molar-refractivity contribution in [2.45, 2.75) is 17.8 Å². The van der Waals surface area contributed by atoms with Gasteiger partial charge >= 0.3 is 0 Å². The van der Waals surface area contributed by atoms with Gasteiger partial charge in [0, 0.05) is 12.8 Å². The summed E-state index contributed by atoms with van der Waals surface area (Å²) in [7, 11) is -4.66. The van der Waals surface area contributed by atoms with Crippen molar-refractivity contribution in [3.8, 4) is 0 Å². The first kappa shape index (κ1) is 9.64. The van der Waals surface area contributed by atoms with Gasteiger partial charge in [-0.2, -0.15) is 0 Å². The minimum atomic E-state index is -4.66. The lowest BCUT2D eigenvalue weighted by Crippen LogP contribution is -2.39. The van der Waals surface area contributed by atoms with Gasteiger partial charge in [-0.3, -0.25) is 0 Å². The van der Waals surface area contributed by atoms with E-state index < -0.39 is 15.1 Å². The Morgan fingerprint density at radius 3 is 2.00 bits per heavy atom. The molecule has 1 aromatic carbocycles. The third kappa shape index (κ3) is 1.33. The van der Waals surface area contributed by atoms with E-state index in [9.17, 15) is 18.1 Å². The smallest absolute Gasteiger partial charge is 0.161 e. The zero-order valence-corrected chi connectivity index (χ0v) is 8.12. The summed E-state index contributed by atoms with van der Waals surface area (Å²) in [6.45, 7) is 0. The molecule has 76 valence electrons. The van der Waals surface area contributed by atoms with Crippen molar-refractivity contribution in [2.75, 3.05) is 0 Å². The molecule has 0 aliphatic heterocycles. The number of fused-ring (bicyclic) bond motifs is 1. The van der Waals surface area contributed by atoms with Crippen LogP contribution in [0.2, 0.25) is 0 Å². The molecule has 4 nitrogen and oxygen atoms in total. The first-order valence-corrected chi connectivity index (χ1v) is 5.58. The summed E-state index contributed by atoms with van der Waals surface area (Å²) in [4.78, 5) is -2.14. The van der Waals surface area contributed by atoms with Crippen LogP contribution in [0.25, 0.3) is 0 Å². The van der Waals surface area contributed by atoms with Gasteiger partial charge in [-0.25, -0.2) is 8.42 Å². The third-order valence-corrected chi connectivity index (χ3v) is 3.74. The lowest BCUT2D eigenvalue weighted by Gasteiger charge is -2.25. The molecular weight excluding hydrogens is 204 g/mol. The Labute approximate surface area is 81.9 Å². The van der Waals surface area contributed by atoms with E-state index in [-0.39, 0.29) is 12.8 Å². The summed E-state index contributed by atoms with van der Waals surface area (Å²) in [5.41, 5.74) is 1.46. The van der Waals surface area contributed by atoms with Gasteiger partial charge in [-0.1, -0.05) is 24.3 Å². The fourth-order valence-electron chi connectivity index (χ4n) is 1.74. The lowest BCUT2D eigenvalue weighted by atomic mass is 10.1. The highest BCUT2D eigenvalue weighted by molar-refractivity contribution is 7.87.